The van der Waals surface area contributed by atoms with E-state index < -0.39 is 5.82 Å². The number of nitrogens with one attached hydrogen (secondary N) is 1. The van der Waals surface area contributed by atoms with Crippen molar-refractivity contribution in [3.8, 4) is 39.5 Å². The summed E-state index contributed by atoms with van der Waals surface area (Å²) in [6.45, 7) is 1.32. The number of ether oxygens (including phenoxy) is 1. The van der Waals surface area contributed by atoms with E-state index in [1.807, 2.05) is 54.6 Å². The summed E-state index contributed by atoms with van der Waals surface area (Å²) in [4.78, 5) is 11.2. The molecule has 0 spiro atoms. The number of anilines is 1. The van der Waals surface area contributed by atoms with Gasteiger partial charge in [0.2, 0.25) is 5.91 Å². The number of hydrogen-bond acceptors (Lipinski definition) is 3. The van der Waals surface area contributed by atoms with Crippen molar-refractivity contribution >= 4 is 11.6 Å². The standard InChI is InChI=1S/C26H20FNO3/c1-17(29)28-25-14-13-19(16-24(25)27)23-12-6-11-22(26(23)30)18-7-5-10-21(15-18)31-20-8-3-2-4-9-20/h2-16,30H,1H3,(H,28,29). The summed E-state index contributed by atoms with van der Waals surface area (Å²) in [5, 5.41) is 13.4. The van der Waals surface area contributed by atoms with Crippen LogP contribution in [-0.4, -0.2) is 11.0 Å². The van der Waals surface area contributed by atoms with Gasteiger partial charge >= 0.3 is 0 Å². The van der Waals surface area contributed by atoms with Gasteiger partial charge in [-0.3, -0.25) is 4.79 Å². The van der Waals surface area contributed by atoms with Crippen LogP contribution in [0.5, 0.6) is 17.2 Å². The van der Waals surface area contributed by atoms with Crippen LogP contribution < -0.4 is 10.1 Å². The number of carbonyl (C=O) groups is 1. The monoisotopic (exact) mass is 413 g/mol. The fraction of sp³-hybridized carbons (Fsp3) is 0.0385. The van der Waals surface area contributed by atoms with E-state index in [-0.39, 0.29) is 17.3 Å². The molecule has 4 nitrogen and oxygen atoms in total. The maximum Gasteiger partial charge on any atom is 0.221 e. The molecule has 0 aliphatic heterocycles. The third-order valence-corrected chi connectivity index (χ3v) is 4.75. The second-order valence-electron chi connectivity index (χ2n) is 7.02. The van der Waals surface area contributed by atoms with E-state index in [1.165, 1.54) is 19.1 Å². The maximum absolute atomic E-state index is 14.4. The molecule has 0 radical (unpaired) electrons. The van der Waals surface area contributed by atoms with Crippen LogP contribution in [-0.2, 0) is 4.79 Å². The number of para-hydroxylation sites is 2. The molecule has 0 fully saturated rings. The Kier molecular flexibility index (Phi) is 5.67. The molecule has 0 saturated heterocycles. The largest absolute Gasteiger partial charge is 0.507 e. The molecule has 1 amide bonds. The molecule has 4 rings (SSSR count). The van der Waals surface area contributed by atoms with Gasteiger partial charge in [-0.1, -0.05) is 54.6 Å². The van der Waals surface area contributed by atoms with Crippen molar-refractivity contribution in [2.45, 2.75) is 6.92 Å². The third-order valence-electron chi connectivity index (χ3n) is 4.75. The van der Waals surface area contributed by atoms with Crippen LogP contribution in [0.25, 0.3) is 22.3 Å². The topological polar surface area (TPSA) is 58.6 Å². The molecule has 0 aliphatic carbocycles. The molecule has 0 saturated carbocycles. The van der Waals surface area contributed by atoms with Crippen molar-refractivity contribution in [1.29, 1.82) is 0 Å². The van der Waals surface area contributed by atoms with Gasteiger partial charge in [0.15, 0.2) is 0 Å². The normalized spacial score (nSPS) is 10.5. The lowest BCUT2D eigenvalue weighted by Gasteiger charge is -2.13. The predicted molar refractivity (Wildman–Crippen MR) is 120 cm³/mol. The first-order valence-electron chi connectivity index (χ1n) is 9.74. The van der Waals surface area contributed by atoms with Gasteiger partial charge in [-0.25, -0.2) is 4.39 Å². The van der Waals surface area contributed by atoms with Gasteiger partial charge in [-0.15, -0.1) is 0 Å². The highest BCUT2D eigenvalue weighted by Crippen LogP contribution is 2.39. The van der Waals surface area contributed by atoms with Gasteiger partial charge in [0.1, 0.15) is 23.1 Å². The minimum Gasteiger partial charge on any atom is -0.507 e. The first-order valence-corrected chi connectivity index (χ1v) is 9.74. The van der Waals surface area contributed by atoms with E-state index in [0.29, 0.717) is 28.2 Å². The Balaban J connectivity index is 1.68. The summed E-state index contributed by atoms with van der Waals surface area (Å²) in [5.74, 6) is 0.461. The molecule has 5 heteroatoms. The Morgan fingerprint density at radius 1 is 0.806 bits per heavy atom. The van der Waals surface area contributed by atoms with Crippen LogP contribution in [0.1, 0.15) is 6.92 Å². The van der Waals surface area contributed by atoms with E-state index in [0.717, 1.165) is 5.56 Å². The predicted octanol–water partition coefficient (Wildman–Crippen LogP) is 6.62. The number of carbonyl (C=O) groups excluding carboxylic acids is 1. The lowest BCUT2D eigenvalue weighted by Crippen LogP contribution is -2.07. The first kappa shape index (κ1) is 20.2. The van der Waals surface area contributed by atoms with Crippen LogP contribution in [0.2, 0.25) is 0 Å². The second-order valence-corrected chi connectivity index (χ2v) is 7.02. The van der Waals surface area contributed by atoms with E-state index >= 15 is 0 Å². The second kappa shape index (κ2) is 8.71. The highest BCUT2D eigenvalue weighted by molar-refractivity contribution is 5.89. The fourth-order valence-corrected chi connectivity index (χ4v) is 3.33. The van der Waals surface area contributed by atoms with Crippen LogP contribution in [0.4, 0.5) is 10.1 Å². The highest BCUT2D eigenvalue weighted by atomic mass is 19.1. The molecule has 0 bridgehead atoms. The Labute approximate surface area is 179 Å². The molecular formula is C26H20FNO3. The summed E-state index contributed by atoms with van der Waals surface area (Å²) in [6, 6.07) is 26.6. The van der Waals surface area contributed by atoms with Crippen molar-refractivity contribution in [2.24, 2.45) is 0 Å². The molecule has 0 aromatic heterocycles. The van der Waals surface area contributed by atoms with Crippen molar-refractivity contribution in [3.05, 3.63) is 96.8 Å². The van der Waals surface area contributed by atoms with Crippen molar-refractivity contribution in [2.75, 3.05) is 5.32 Å². The van der Waals surface area contributed by atoms with Crippen molar-refractivity contribution in [1.82, 2.24) is 0 Å². The summed E-state index contributed by atoms with van der Waals surface area (Å²) >= 11 is 0. The molecule has 2 N–H and O–H groups in total. The number of rotatable bonds is 5. The number of phenolic OH excluding ortho intramolecular Hbond substituents is 1. The van der Waals surface area contributed by atoms with E-state index in [9.17, 15) is 14.3 Å². The van der Waals surface area contributed by atoms with Gasteiger partial charge in [0.05, 0.1) is 5.69 Å². The van der Waals surface area contributed by atoms with Gasteiger partial charge in [-0.05, 0) is 47.5 Å². The van der Waals surface area contributed by atoms with Crippen LogP contribution >= 0.6 is 0 Å². The number of aromatic hydroxyl groups is 1. The first-order chi connectivity index (χ1) is 15.0. The van der Waals surface area contributed by atoms with Gasteiger partial charge in [-0.2, -0.15) is 0 Å². The molecule has 0 unspecified atom stereocenters. The number of phenols is 1. The molecule has 4 aromatic rings. The summed E-state index contributed by atoms with van der Waals surface area (Å²) in [7, 11) is 0. The highest BCUT2D eigenvalue weighted by Gasteiger charge is 2.14. The molecule has 0 atom stereocenters. The zero-order chi connectivity index (χ0) is 21.8. The van der Waals surface area contributed by atoms with E-state index in [1.54, 1.807) is 24.3 Å². The molecule has 0 aliphatic rings. The summed E-state index contributed by atoms with van der Waals surface area (Å²) < 4.78 is 20.3. The average molecular weight is 413 g/mol. The van der Waals surface area contributed by atoms with E-state index in [4.69, 9.17) is 4.74 Å². The SMILES string of the molecule is CC(=O)Nc1ccc(-c2cccc(-c3cccc(Oc4ccccc4)c3)c2O)cc1F. The van der Waals surface area contributed by atoms with Crippen LogP contribution in [0.15, 0.2) is 91.0 Å². The quantitative estimate of drug-likeness (QED) is 0.387. The van der Waals surface area contributed by atoms with Gasteiger partial charge < -0.3 is 15.2 Å². The molecule has 31 heavy (non-hydrogen) atoms. The van der Waals surface area contributed by atoms with Crippen LogP contribution in [0.3, 0.4) is 0 Å². The van der Waals surface area contributed by atoms with Gasteiger partial charge in [0.25, 0.3) is 0 Å². The lowest BCUT2D eigenvalue weighted by atomic mass is 9.97. The Morgan fingerprint density at radius 3 is 2.13 bits per heavy atom. The fourth-order valence-electron chi connectivity index (χ4n) is 3.33. The number of benzene rings is 4. The molecule has 154 valence electrons. The zero-order valence-corrected chi connectivity index (χ0v) is 16.8. The van der Waals surface area contributed by atoms with Crippen LogP contribution in [0, 0.1) is 5.82 Å². The Morgan fingerprint density at radius 2 is 1.45 bits per heavy atom. The summed E-state index contributed by atoms with van der Waals surface area (Å²) in [6.07, 6.45) is 0. The van der Waals surface area contributed by atoms with Gasteiger partial charge in [0, 0.05) is 18.1 Å². The van der Waals surface area contributed by atoms with Crippen molar-refractivity contribution in [3.63, 3.8) is 0 Å². The molecular weight excluding hydrogens is 393 g/mol. The molecule has 4 aromatic carbocycles. The minimum atomic E-state index is -0.573. The average Bonchev–Trinajstić information content (AvgIpc) is 2.76. The smallest absolute Gasteiger partial charge is 0.221 e. The lowest BCUT2D eigenvalue weighted by molar-refractivity contribution is -0.114. The minimum absolute atomic E-state index is 0.0334. The van der Waals surface area contributed by atoms with Crippen molar-refractivity contribution < 1.29 is 19.0 Å². The maximum atomic E-state index is 14.4. The number of halogens is 1. The molecule has 0 heterocycles. The Hall–Kier alpha value is -4.12. The summed E-state index contributed by atoms with van der Waals surface area (Å²) in [5.41, 5.74) is 2.45. The zero-order valence-electron chi connectivity index (χ0n) is 16.8. The third kappa shape index (κ3) is 4.56. The Bertz CT molecular complexity index is 1240. The number of hydrogen-bond donors (Lipinski definition) is 2. The number of amides is 1. The van der Waals surface area contributed by atoms with E-state index in [2.05, 4.69) is 5.32 Å².